The summed E-state index contributed by atoms with van der Waals surface area (Å²) < 4.78 is 51.8. The average Bonchev–Trinajstić information content (AvgIpc) is 3.41. The van der Waals surface area contributed by atoms with Gasteiger partial charge in [-0.2, -0.15) is 13.2 Å². The molecule has 4 rings (SSSR count). The van der Waals surface area contributed by atoms with E-state index in [4.69, 9.17) is 9.47 Å². The quantitative estimate of drug-likeness (QED) is 0.176. The van der Waals surface area contributed by atoms with Crippen LogP contribution < -0.4 is 15.4 Å². The second-order valence-corrected chi connectivity index (χ2v) is 9.77. The zero-order chi connectivity index (χ0) is 31.0. The van der Waals surface area contributed by atoms with Gasteiger partial charge in [0.15, 0.2) is 11.0 Å². The van der Waals surface area contributed by atoms with Gasteiger partial charge < -0.3 is 20.1 Å². The molecule has 14 heteroatoms. The lowest BCUT2D eigenvalue weighted by molar-refractivity contribution is -0.137. The van der Waals surface area contributed by atoms with Crippen LogP contribution >= 0.6 is 11.8 Å². The zero-order valence-corrected chi connectivity index (χ0v) is 23.8. The largest absolute Gasteiger partial charge is 0.497 e. The minimum atomic E-state index is -4.59. The molecule has 224 valence electrons. The number of halogens is 3. The van der Waals surface area contributed by atoms with Crippen molar-refractivity contribution in [3.05, 3.63) is 95.3 Å². The standard InChI is InChI=1S/C29H26F3N5O5S/c1-3-42-27(40)19-7-11-21(12-8-19)34-25(38)17-43-28-36-35-24(16-33-26(39)18-9-13-23(41-2)14-10-18)37(28)22-6-4-5-20(15-22)29(30,31)32/h4-15H,3,16-17H2,1-2H3,(H,33,39)(H,34,38). The summed E-state index contributed by atoms with van der Waals surface area (Å²) in [4.78, 5) is 37.2. The highest BCUT2D eigenvalue weighted by molar-refractivity contribution is 7.99. The van der Waals surface area contributed by atoms with Crippen molar-refractivity contribution in [3.63, 3.8) is 0 Å². The van der Waals surface area contributed by atoms with E-state index >= 15 is 0 Å². The number of methoxy groups -OCH3 is 1. The monoisotopic (exact) mass is 613 g/mol. The Morgan fingerprint density at radius 2 is 1.65 bits per heavy atom. The fourth-order valence-electron chi connectivity index (χ4n) is 3.82. The minimum Gasteiger partial charge on any atom is -0.497 e. The van der Waals surface area contributed by atoms with Crippen molar-refractivity contribution in [2.24, 2.45) is 0 Å². The van der Waals surface area contributed by atoms with Crippen molar-refractivity contribution in [1.29, 1.82) is 0 Å². The second-order valence-electron chi connectivity index (χ2n) is 8.83. The molecular weight excluding hydrogens is 587 g/mol. The number of carbonyl (C=O) groups excluding carboxylic acids is 3. The van der Waals surface area contributed by atoms with E-state index in [0.717, 1.165) is 23.9 Å². The first-order chi connectivity index (χ1) is 20.6. The SMILES string of the molecule is CCOC(=O)c1ccc(NC(=O)CSc2nnc(CNC(=O)c3ccc(OC)cc3)n2-c2cccc(C(F)(F)F)c2)cc1. The summed E-state index contributed by atoms with van der Waals surface area (Å²) in [6.07, 6.45) is -4.59. The second kappa shape index (κ2) is 13.9. The number of rotatable bonds is 11. The number of carbonyl (C=O) groups is 3. The van der Waals surface area contributed by atoms with Crippen molar-refractivity contribution in [2.45, 2.75) is 24.8 Å². The first-order valence-electron chi connectivity index (χ1n) is 12.8. The van der Waals surface area contributed by atoms with Gasteiger partial charge in [0, 0.05) is 11.3 Å². The average molecular weight is 614 g/mol. The summed E-state index contributed by atoms with van der Waals surface area (Å²) in [5.41, 5.74) is 0.320. The zero-order valence-electron chi connectivity index (χ0n) is 23.0. The van der Waals surface area contributed by atoms with Crippen LogP contribution in [0.5, 0.6) is 5.75 Å². The predicted molar refractivity (Wildman–Crippen MR) is 152 cm³/mol. The first-order valence-corrected chi connectivity index (χ1v) is 13.8. The van der Waals surface area contributed by atoms with E-state index in [9.17, 15) is 27.6 Å². The summed E-state index contributed by atoms with van der Waals surface area (Å²) in [5, 5.41) is 13.7. The molecule has 0 saturated heterocycles. The summed E-state index contributed by atoms with van der Waals surface area (Å²) in [6, 6.07) is 17.1. The molecule has 0 aliphatic heterocycles. The molecule has 0 radical (unpaired) electrons. The normalized spacial score (nSPS) is 11.1. The summed E-state index contributed by atoms with van der Waals surface area (Å²) in [6.45, 7) is 1.77. The summed E-state index contributed by atoms with van der Waals surface area (Å²) in [7, 11) is 1.50. The van der Waals surface area contributed by atoms with Gasteiger partial charge in [-0.1, -0.05) is 17.8 Å². The molecule has 2 amide bonds. The predicted octanol–water partition coefficient (Wildman–Crippen LogP) is 5.13. The smallest absolute Gasteiger partial charge is 0.416 e. The highest BCUT2D eigenvalue weighted by Gasteiger charge is 2.31. The number of anilines is 1. The van der Waals surface area contributed by atoms with Crippen LogP contribution in [0.2, 0.25) is 0 Å². The van der Waals surface area contributed by atoms with E-state index in [1.807, 2.05) is 0 Å². The van der Waals surface area contributed by atoms with Gasteiger partial charge in [-0.05, 0) is 73.7 Å². The number of esters is 1. The Kier molecular flexibility index (Phi) is 10.0. The lowest BCUT2D eigenvalue weighted by atomic mass is 10.2. The van der Waals surface area contributed by atoms with Gasteiger partial charge in [0.2, 0.25) is 5.91 Å². The maximum Gasteiger partial charge on any atom is 0.416 e. The molecule has 4 aromatic rings. The third-order valence-electron chi connectivity index (χ3n) is 5.90. The van der Waals surface area contributed by atoms with Gasteiger partial charge in [0.1, 0.15) is 5.75 Å². The van der Waals surface area contributed by atoms with Crippen LogP contribution in [0.1, 0.15) is 39.0 Å². The molecule has 0 bridgehead atoms. The molecule has 3 aromatic carbocycles. The van der Waals surface area contributed by atoms with Crippen LogP contribution in [-0.4, -0.2) is 52.0 Å². The Balaban J connectivity index is 1.51. The topological polar surface area (TPSA) is 124 Å². The number of nitrogens with one attached hydrogen (secondary N) is 2. The third kappa shape index (κ3) is 8.13. The molecule has 10 nitrogen and oxygen atoms in total. The molecule has 1 heterocycles. The van der Waals surface area contributed by atoms with E-state index in [1.54, 1.807) is 43.3 Å². The number of thioether (sulfide) groups is 1. The van der Waals surface area contributed by atoms with E-state index in [-0.39, 0.29) is 35.6 Å². The maximum absolute atomic E-state index is 13.5. The Labute approximate surface area is 248 Å². The molecule has 0 saturated carbocycles. The van der Waals surface area contributed by atoms with E-state index in [2.05, 4.69) is 20.8 Å². The number of benzene rings is 3. The van der Waals surface area contributed by atoms with Crippen molar-refractivity contribution >= 4 is 35.2 Å². The molecular formula is C29H26F3N5O5S. The lowest BCUT2D eigenvalue weighted by Gasteiger charge is -2.13. The first kappa shape index (κ1) is 31.1. The molecule has 2 N–H and O–H groups in total. The lowest BCUT2D eigenvalue weighted by Crippen LogP contribution is -2.24. The number of alkyl halides is 3. The highest BCUT2D eigenvalue weighted by atomic mass is 32.2. The Hall–Kier alpha value is -4.85. The summed E-state index contributed by atoms with van der Waals surface area (Å²) in [5.74, 6) is -0.792. The van der Waals surface area contributed by atoms with Crippen LogP contribution in [0, 0.1) is 0 Å². The number of nitrogens with zero attached hydrogens (tertiary/aromatic N) is 3. The van der Waals surface area contributed by atoms with E-state index < -0.39 is 29.5 Å². The van der Waals surface area contributed by atoms with Crippen LogP contribution in [0.25, 0.3) is 5.69 Å². The molecule has 0 unspecified atom stereocenters. The fraction of sp³-hybridized carbons (Fsp3) is 0.207. The third-order valence-corrected chi connectivity index (χ3v) is 6.83. The number of ether oxygens (including phenoxy) is 2. The summed E-state index contributed by atoms with van der Waals surface area (Å²) >= 11 is 0.948. The maximum atomic E-state index is 13.5. The molecule has 0 atom stereocenters. The number of hydrogen-bond donors (Lipinski definition) is 2. The van der Waals surface area contributed by atoms with Crippen molar-refractivity contribution in [2.75, 3.05) is 24.8 Å². The van der Waals surface area contributed by atoms with Gasteiger partial charge in [-0.25, -0.2) is 4.79 Å². The van der Waals surface area contributed by atoms with Gasteiger partial charge >= 0.3 is 12.1 Å². The van der Waals surface area contributed by atoms with Gasteiger partial charge in [0.05, 0.1) is 42.8 Å². The van der Waals surface area contributed by atoms with Crippen molar-refractivity contribution in [1.82, 2.24) is 20.1 Å². The Morgan fingerprint density at radius 1 is 0.953 bits per heavy atom. The van der Waals surface area contributed by atoms with E-state index in [1.165, 1.54) is 35.9 Å². The minimum absolute atomic E-state index is 0.103. The molecule has 0 fully saturated rings. The fourth-order valence-corrected chi connectivity index (χ4v) is 4.59. The Morgan fingerprint density at radius 3 is 2.30 bits per heavy atom. The number of amides is 2. The highest BCUT2D eigenvalue weighted by Crippen LogP contribution is 2.32. The van der Waals surface area contributed by atoms with Gasteiger partial charge in [-0.15, -0.1) is 10.2 Å². The van der Waals surface area contributed by atoms with Crippen LogP contribution in [0.15, 0.2) is 78.0 Å². The van der Waals surface area contributed by atoms with Gasteiger partial charge in [0.25, 0.3) is 5.91 Å². The van der Waals surface area contributed by atoms with Crippen molar-refractivity contribution < 1.29 is 37.0 Å². The Bertz CT molecular complexity index is 1590. The number of hydrogen-bond acceptors (Lipinski definition) is 8. The van der Waals surface area contributed by atoms with Gasteiger partial charge in [-0.3, -0.25) is 14.2 Å². The van der Waals surface area contributed by atoms with Crippen molar-refractivity contribution in [3.8, 4) is 11.4 Å². The van der Waals surface area contributed by atoms with Crippen LogP contribution in [-0.2, 0) is 22.3 Å². The molecule has 43 heavy (non-hydrogen) atoms. The molecule has 1 aromatic heterocycles. The molecule has 0 spiro atoms. The van der Waals surface area contributed by atoms with Crippen LogP contribution in [0.4, 0.5) is 18.9 Å². The van der Waals surface area contributed by atoms with E-state index in [0.29, 0.717) is 22.6 Å². The molecule has 0 aliphatic rings. The number of aromatic nitrogens is 3. The van der Waals surface area contributed by atoms with Crippen LogP contribution in [0.3, 0.4) is 0 Å². The molecule has 0 aliphatic carbocycles.